The number of benzene rings is 2. The lowest BCUT2D eigenvalue weighted by Crippen LogP contribution is -2.40. The Hall–Kier alpha value is -3.17. The van der Waals surface area contributed by atoms with Crippen molar-refractivity contribution in [2.45, 2.75) is 20.4 Å². The second-order valence-corrected chi connectivity index (χ2v) is 6.23. The Morgan fingerprint density at radius 2 is 1.88 bits per heavy atom. The second-order valence-electron chi connectivity index (χ2n) is 6.23. The van der Waals surface area contributed by atoms with Gasteiger partial charge < -0.3 is 5.32 Å². The van der Waals surface area contributed by atoms with Gasteiger partial charge in [-0.25, -0.2) is 4.79 Å². The molecule has 0 aliphatic carbocycles. The number of hydrogen-bond acceptors (Lipinski definition) is 4. The first kappa shape index (κ1) is 19.2. The minimum Gasteiger partial charge on any atom is -0.307 e. The first-order valence-corrected chi connectivity index (χ1v) is 8.23. The van der Waals surface area contributed by atoms with Gasteiger partial charge in [0, 0.05) is 12.2 Å². The van der Waals surface area contributed by atoms with Gasteiger partial charge >= 0.3 is 6.03 Å². The summed E-state index contributed by atoms with van der Waals surface area (Å²) in [7, 11) is 1.78. The van der Waals surface area contributed by atoms with Crippen molar-refractivity contribution >= 4 is 17.6 Å². The van der Waals surface area contributed by atoms with Gasteiger partial charge in [-0.15, -0.1) is 0 Å². The van der Waals surface area contributed by atoms with Crippen molar-refractivity contribution in [1.29, 1.82) is 5.26 Å². The predicted molar refractivity (Wildman–Crippen MR) is 101 cm³/mol. The fourth-order valence-electron chi connectivity index (χ4n) is 2.56. The molecule has 0 saturated heterocycles. The maximum atomic E-state index is 12.1. The monoisotopic (exact) mass is 350 g/mol. The minimum absolute atomic E-state index is 0.0665. The van der Waals surface area contributed by atoms with E-state index in [2.05, 4.69) is 16.7 Å². The standard InChI is InChI=1S/C20H22N4O2/c1-14-6-4-9-18(15(14)2)22-20(26)23-19(25)13-24(3)12-17-8-5-7-16(10-17)11-21/h4-10H,12-13H2,1-3H3,(H2,22,23,25,26). The Bertz CT molecular complexity index is 855. The van der Waals surface area contributed by atoms with Gasteiger partial charge in [-0.1, -0.05) is 24.3 Å². The Morgan fingerprint density at radius 3 is 2.62 bits per heavy atom. The van der Waals surface area contributed by atoms with Crippen molar-refractivity contribution in [2.75, 3.05) is 18.9 Å². The number of nitriles is 1. The molecule has 0 bridgehead atoms. The number of nitrogens with one attached hydrogen (secondary N) is 2. The van der Waals surface area contributed by atoms with E-state index in [0.717, 1.165) is 16.7 Å². The molecular weight excluding hydrogens is 328 g/mol. The summed E-state index contributed by atoms with van der Waals surface area (Å²) in [5.74, 6) is -0.397. The molecule has 2 aromatic carbocycles. The number of nitrogens with zero attached hydrogens (tertiary/aromatic N) is 2. The maximum Gasteiger partial charge on any atom is 0.325 e. The normalized spacial score (nSPS) is 10.3. The zero-order valence-electron chi connectivity index (χ0n) is 15.2. The van der Waals surface area contributed by atoms with Crippen molar-refractivity contribution in [3.05, 3.63) is 64.7 Å². The number of likely N-dealkylation sites (N-methyl/N-ethyl adjacent to an activating group) is 1. The van der Waals surface area contributed by atoms with Crippen LogP contribution < -0.4 is 10.6 Å². The maximum absolute atomic E-state index is 12.1. The van der Waals surface area contributed by atoms with E-state index in [1.807, 2.05) is 32.0 Å². The summed E-state index contributed by atoms with van der Waals surface area (Å²) in [4.78, 5) is 25.8. The number of aryl methyl sites for hydroxylation is 1. The van der Waals surface area contributed by atoms with Gasteiger partial charge in [-0.3, -0.25) is 15.0 Å². The molecule has 2 aromatic rings. The average Bonchev–Trinajstić information content (AvgIpc) is 2.58. The molecule has 6 heteroatoms. The van der Waals surface area contributed by atoms with E-state index in [1.165, 1.54) is 0 Å². The molecule has 134 valence electrons. The van der Waals surface area contributed by atoms with Crippen LogP contribution >= 0.6 is 0 Å². The van der Waals surface area contributed by atoms with Crippen molar-refractivity contribution in [3.63, 3.8) is 0 Å². The Morgan fingerprint density at radius 1 is 1.15 bits per heavy atom. The van der Waals surface area contributed by atoms with Gasteiger partial charge in [-0.2, -0.15) is 5.26 Å². The van der Waals surface area contributed by atoms with Crippen LogP contribution in [0.25, 0.3) is 0 Å². The highest BCUT2D eigenvalue weighted by Crippen LogP contribution is 2.17. The Balaban J connectivity index is 1.86. The van der Waals surface area contributed by atoms with Crippen LogP contribution in [0, 0.1) is 25.2 Å². The fraction of sp³-hybridized carbons (Fsp3) is 0.250. The van der Waals surface area contributed by atoms with Gasteiger partial charge in [0.15, 0.2) is 0 Å². The van der Waals surface area contributed by atoms with Crippen LogP contribution in [0.5, 0.6) is 0 Å². The van der Waals surface area contributed by atoms with Crippen LogP contribution in [0.4, 0.5) is 10.5 Å². The first-order valence-electron chi connectivity index (χ1n) is 8.23. The smallest absolute Gasteiger partial charge is 0.307 e. The summed E-state index contributed by atoms with van der Waals surface area (Å²) in [6.07, 6.45) is 0. The highest BCUT2D eigenvalue weighted by atomic mass is 16.2. The lowest BCUT2D eigenvalue weighted by atomic mass is 10.1. The molecule has 0 aliphatic heterocycles. The number of urea groups is 1. The topological polar surface area (TPSA) is 85.2 Å². The number of carbonyl (C=O) groups is 2. The highest BCUT2D eigenvalue weighted by molar-refractivity contribution is 6.02. The minimum atomic E-state index is -0.552. The van der Waals surface area contributed by atoms with Crippen LogP contribution in [0.1, 0.15) is 22.3 Å². The number of anilines is 1. The van der Waals surface area contributed by atoms with Gasteiger partial charge in [-0.05, 0) is 55.8 Å². The third-order valence-electron chi connectivity index (χ3n) is 4.03. The quantitative estimate of drug-likeness (QED) is 0.868. The average molecular weight is 350 g/mol. The molecule has 0 unspecified atom stereocenters. The van der Waals surface area contributed by atoms with E-state index in [9.17, 15) is 9.59 Å². The van der Waals surface area contributed by atoms with E-state index >= 15 is 0 Å². The van der Waals surface area contributed by atoms with Gasteiger partial charge in [0.25, 0.3) is 0 Å². The van der Waals surface area contributed by atoms with E-state index < -0.39 is 11.9 Å². The zero-order chi connectivity index (χ0) is 19.1. The molecule has 26 heavy (non-hydrogen) atoms. The van der Waals surface area contributed by atoms with Crippen LogP contribution in [-0.4, -0.2) is 30.4 Å². The summed E-state index contributed by atoms with van der Waals surface area (Å²) >= 11 is 0. The van der Waals surface area contributed by atoms with Crippen molar-refractivity contribution in [1.82, 2.24) is 10.2 Å². The SMILES string of the molecule is Cc1cccc(NC(=O)NC(=O)CN(C)Cc2cccc(C#N)c2)c1C. The molecule has 0 aromatic heterocycles. The van der Waals surface area contributed by atoms with E-state index in [4.69, 9.17) is 5.26 Å². The van der Waals surface area contributed by atoms with Crippen LogP contribution in [0.3, 0.4) is 0 Å². The Labute approximate surface area is 153 Å². The van der Waals surface area contributed by atoms with Crippen LogP contribution in [0.2, 0.25) is 0 Å². The number of amides is 3. The van der Waals surface area contributed by atoms with Crippen molar-refractivity contribution < 1.29 is 9.59 Å². The molecule has 0 atom stereocenters. The molecule has 0 spiro atoms. The largest absolute Gasteiger partial charge is 0.325 e. The third kappa shape index (κ3) is 5.43. The number of carbonyl (C=O) groups excluding carboxylic acids is 2. The summed E-state index contributed by atoms with van der Waals surface area (Å²) in [6.45, 7) is 4.44. The lowest BCUT2D eigenvalue weighted by molar-refractivity contribution is -0.120. The summed E-state index contributed by atoms with van der Waals surface area (Å²) in [5, 5.41) is 14.0. The highest BCUT2D eigenvalue weighted by Gasteiger charge is 2.12. The fourth-order valence-corrected chi connectivity index (χ4v) is 2.56. The van der Waals surface area contributed by atoms with Crippen molar-refractivity contribution in [3.8, 4) is 6.07 Å². The molecular formula is C20H22N4O2. The van der Waals surface area contributed by atoms with E-state index in [0.29, 0.717) is 17.8 Å². The summed E-state index contributed by atoms with van der Waals surface area (Å²) in [5.41, 5.74) is 4.21. The van der Waals surface area contributed by atoms with Crippen molar-refractivity contribution in [2.24, 2.45) is 0 Å². The molecule has 2 rings (SSSR count). The van der Waals surface area contributed by atoms with E-state index in [-0.39, 0.29) is 6.54 Å². The molecule has 3 amide bonds. The number of hydrogen-bond donors (Lipinski definition) is 2. The third-order valence-corrected chi connectivity index (χ3v) is 4.03. The molecule has 0 heterocycles. The molecule has 2 N–H and O–H groups in total. The number of imide groups is 1. The molecule has 0 radical (unpaired) electrons. The predicted octanol–water partition coefficient (Wildman–Crippen LogP) is 2.96. The van der Waals surface area contributed by atoms with Gasteiger partial charge in [0.05, 0.1) is 18.2 Å². The summed E-state index contributed by atoms with van der Waals surface area (Å²) < 4.78 is 0. The first-order chi connectivity index (χ1) is 12.4. The molecule has 0 aliphatic rings. The van der Waals surface area contributed by atoms with Gasteiger partial charge in [0.2, 0.25) is 5.91 Å². The van der Waals surface area contributed by atoms with Crippen LogP contribution in [0.15, 0.2) is 42.5 Å². The van der Waals surface area contributed by atoms with E-state index in [1.54, 1.807) is 36.2 Å². The van der Waals surface area contributed by atoms with Gasteiger partial charge in [0.1, 0.15) is 0 Å². The Kier molecular flexibility index (Phi) is 6.48. The molecule has 6 nitrogen and oxygen atoms in total. The van der Waals surface area contributed by atoms with Crippen LogP contribution in [-0.2, 0) is 11.3 Å². The number of rotatable bonds is 5. The summed E-state index contributed by atoms with van der Waals surface area (Å²) in [6, 6.07) is 14.3. The molecule has 0 saturated carbocycles. The lowest BCUT2D eigenvalue weighted by Gasteiger charge is -2.16. The molecule has 0 fully saturated rings. The zero-order valence-corrected chi connectivity index (χ0v) is 15.2. The second kappa shape index (κ2) is 8.79.